The third kappa shape index (κ3) is 4.46. The first-order valence-electron chi connectivity index (χ1n) is 5.54. The van der Waals surface area contributed by atoms with Gasteiger partial charge in [-0.05, 0) is 50.1 Å². The van der Waals surface area contributed by atoms with E-state index in [1.807, 2.05) is 19.1 Å². The van der Waals surface area contributed by atoms with Crippen molar-refractivity contribution in [2.24, 2.45) is 0 Å². The maximum atomic E-state index is 12.2. The van der Waals surface area contributed by atoms with Crippen LogP contribution in [0.1, 0.15) is 16.7 Å². The van der Waals surface area contributed by atoms with Crippen LogP contribution in [-0.2, 0) is 0 Å². The molecule has 0 saturated heterocycles. The molecular formula is C15H15ClF2. The van der Waals surface area contributed by atoms with E-state index < -0.39 is 11.6 Å². The molecule has 18 heavy (non-hydrogen) atoms. The van der Waals surface area contributed by atoms with Crippen LogP contribution in [0.2, 0.25) is 5.02 Å². The highest BCUT2D eigenvalue weighted by molar-refractivity contribution is 6.31. The average molecular weight is 269 g/mol. The van der Waals surface area contributed by atoms with Crippen LogP contribution in [-0.4, -0.2) is 0 Å². The minimum absolute atomic E-state index is 0.730. The van der Waals surface area contributed by atoms with Gasteiger partial charge in [0.2, 0.25) is 0 Å². The SMILES string of the molecule is Cc1ccc(Cl)c(C)c1.Cc1ccc(F)c(F)c1. The normalized spacial score (nSPS) is 9.67. The Bertz CT molecular complexity index is 487. The van der Waals surface area contributed by atoms with Crippen molar-refractivity contribution < 1.29 is 8.78 Å². The lowest BCUT2D eigenvalue weighted by molar-refractivity contribution is 0.508. The quantitative estimate of drug-likeness (QED) is 0.614. The zero-order valence-electron chi connectivity index (χ0n) is 10.6. The fourth-order valence-electron chi connectivity index (χ4n) is 1.40. The standard InChI is InChI=1S/C8H9Cl.C7H6F2/c1-6-3-4-8(9)7(2)5-6;1-5-2-3-6(8)7(9)4-5/h3-5H,1-2H3;2-4H,1H3. The number of hydrogen-bond donors (Lipinski definition) is 0. The predicted molar refractivity (Wildman–Crippen MR) is 72.0 cm³/mol. The molecular weight excluding hydrogens is 254 g/mol. The first kappa shape index (κ1) is 14.7. The van der Waals surface area contributed by atoms with Gasteiger partial charge in [0.05, 0.1) is 0 Å². The van der Waals surface area contributed by atoms with Gasteiger partial charge in [-0.1, -0.05) is 35.4 Å². The molecule has 0 aliphatic carbocycles. The summed E-state index contributed by atoms with van der Waals surface area (Å²) in [6.07, 6.45) is 0. The van der Waals surface area contributed by atoms with Crippen molar-refractivity contribution in [3.8, 4) is 0 Å². The molecule has 0 atom stereocenters. The van der Waals surface area contributed by atoms with Crippen LogP contribution in [0.5, 0.6) is 0 Å². The summed E-state index contributed by atoms with van der Waals surface area (Å²) in [6, 6.07) is 9.81. The van der Waals surface area contributed by atoms with Gasteiger partial charge in [0.1, 0.15) is 0 Å². The van der Waals surface area contributed by atoms with Crippen molar-refractivity contribution in [2.45, 2.75) is 20.8 Å². The van der Waals surface area contributed by atoms with Crippen LogP contribution >= 0.6 is 11.6 Å². The highest BCUT2D eigenvalue weighted by Gasteiger charge is 1.97. The predicted octanol–water partition coefficient (Wildman–Crippen LogP) is 5.23. The fourth-order valence-corrected chi connectivity index (χ4v) is 1.51. The van der Waals surface area contributed by atoms with Gasteiger partial charge in [-0.15, -0.1) is 0 Å². The minimum Gasteiger partial charge on any atom is -0.204 e. The summed E-state index contributed by atoms with van der Waals surface area (Å²) in [6.45, 7) is 5.78. The molecule has 0 unspecified atom stereocenters. The first-order chi connectivity index (χ1) is 8.40. The molecule has 0 aliphatic rings. The number of aryl methyl sites for hydroxylation is 3. The van der Waals surface area contributed by atoms with Crippen molar-refractivity contribution >= 4 is 11.6 Å². The highest BCUT2D eigenvalue weighted by atomic mass is 35.5. The lowest BCUT2D eigenvalue weighted by Gasteiger charge is -1.96. The summed E-state index contributed by atoms with van der Waals surface area (Å²) in [4.78, 5) is 0. The molecule has 3 heteroatoms. The summed E-state index contributed by atoms with van der Waals surface area (Å²) in [5.74, 6) is -1.57. The highest BCUT2D eigenvalue weighted by Crippen LogP contribution is 2.15. The number of halogens is 3. The lowest BCUT2D eigenvalue weighted by Crippen LogP contribution is -1.82. The maximum Gasteiger partial charge on any atom is 0.159 e. The Morgan fingerprint density at radius 3 is 1.78 bits per heavy atom. The van der Waals surface area contributed by atoms with Gasteiger partial charge in [0.25, 0.3) is 0 Å². The maximum absolute atomic E-state index is 12.2. The van der Waals surface area contributed by atoms with Gasteiger partial charge < -0.3 is 0 Å². The third-order valence-corrected chi connectivity index (χ3v) is 2.81. The van der Waals surface area contributed by atoms with Gasteiger partial charge in [-0.2, -0.15) is 0 Å². The Kier molecular flexibility index (Phi) is 5.29. The topological polar surface area (TPSA) is 0 Å². The van der Waals surface area contributed by atoms with Crippen LogP contribution in [0.25, 0.3) is 0 Å². The van der Waals surface area contributed by atoms with E-state index in [0.29, 0.717) is 0 Å². The molecule has 2 aromatic rings. The fraction of sp³-hybridized carbons (Fsp3) is 0.200. The van der Waals surface area contributed by atoms with Crippen molar-refractivity contribution in [3.05, 3.63) is 69.7 Å². The molecule has 0 fully saturated rings. The van der Waals surface area contributed by atoms with Crippen molar-refractivity contribution in [1.29, 1.82) is 0 Å². The summed E-state index contributed by atoms with van der Waals surface area (Å²) < 4.78 is 24.3. The number of hydrogen-bond acceptors (Lipinski definition) is 0. The average Bonchev–Trinajstić information content (AvgIpc) is 2.30. The van der Waals surface area contributed by atoms with Gasteiger partial charge in [-0.25, -0.2) is 8.78 Å². The molecule has 0 spiro atoms. The van der Waals surface area contributed by atoms with Crippen molar-refractivity contribution in [2.75, 3.05) is 0 Å². The van der Waals surface area contributed by atoms with E-state index >= 15 is 0 Å². The molecule has 0 nitrogen and oxygen atoms in total. The number of rotatable bonds is 0. The van der Waals surface area contributed by atoms with E-state index in [4.69, 9.17) is 11.6 Å². The molecule has 96 valence electrons. The molecule has 0 N–H and O–H groups in total. The summed E-state index contributed by atoms with van der Waals surface area (Å²) >= 11 is 5.78. The number of benzene rings is 2. The van der Waals surface area contributed by atoms with Crippen LogP contribution in [0, 0.1) is 32.4 Å². The Labute approximate surface area is 111 Å². The second-order valence-electron chi connectivity index (χ2n) is 4.17. The first-order valence-corrected chi connectivity index (χ1v) is 5.92. The van der Waals surface area contributed by atoms with E-state index in [1.165, 1.54) is 11.6 Å². The molecule has 2 rings (SSSR count). The van der Waals surface area contributed by atoms with E-state index in [1.54, 1.807) is 6.92 Å². The van der Waals surface area contributed by atoms with E-state index in [2.05, 4.69) is 13.0 Å². The second-order valence-corrected chi connectivity index (χ2v) is 4.58. The summed E-state index contributed by atoms with van der Waals surface area (Å²) in [7, 11) is 0. The Morgan fingerprint density at radius 1 is 0.778 bits per heavy atom. The third-order valence-electron chi connectivity index (χ3n) is 2.39. The molecule has 0 saturated carbocycles. The summed E-state index contributed by atoms with van der Waals surface area (Å²) in [5.41, 5.74) is 3.14. The molecule has 0 aromatic heterocycles. The largest absolute Gasteiger partial charge is 0.204 e. The van der Waals surface area contributed by atoms with Crippen molar-refractivity contribution in [1.82, 2.24) is 0 Å². The van der Waals surface area contributed by atoms with E-state index in [0.717, 1.165) is 28.3 Å². The molecule has 0 heterocycles. The van der Waals surface area contributed by atoms with Gasteiger partial charge in [0.15, 0.2) is 11.6 Å². The zero-order chi connectivity index (χ0) is 13.7. The molecule has 0 radical (unpaired) electrons. The van der Waals surface area contributed by atoms with Crippen LogP contribution in [0.3, 0.4) is 0 Å². The Morgan fingerprint density at radius 2 is 1.33 bits per heavy atom. The molecule has 0 aliphatic heterocycles. The zero-order valence-corrected chi connectivity index (χ0v) is 11.4. The van der Waals surface area contributed by atoms with Crippen LogP contribution in [0.15, 0.2) is 36.4 Å². The van der Waals surface area contributed by atoms with Gasteiger partial charge in [-0.3, -0.25) is 0 Å². The van der Waals surface area contributed by atoms with Gasteiger partial charge in [0, 0.05) is 5.02 Å². The monoisotopic (exact) mass is 268 g/mol. The molecule has 0 amide bonds. The van der Waals surface area contributed by atoms with E-state index in [9.17, 15) is 8.78 Å². The summed E-state index contributed by atoms with van der Waals surface area (Å²) in [5, 5.41) is 0.848. The Balaban J connectivity index is 0.000000180. The van der Waals surface area contributed by atoms with E-state index in [-0.39, 0.29) is 0 Å². The Hall–Kier alpha value is -1.41. The van der Waals surface area contributed by atoms with Gasteiger partial charge >= 0.3 is 0 Å². The minimum atomic E-state index is -0.791. The molecule has 0 bridgehead atoms. The lowest BCUT2D eigenvalue weighted by atomic mass is 10.2. The van der Waals surface area contributed by atoms with Crippen LogP contribution < -0.4 is 0 Å². The second kappa shape index (κ2) is 6.50. The van der Waals surface area contributed by atoms with Crippen molar-refractivity contribution in [3.63, 3.8) is 0 Å². The van der Waals surface area contributed by atoms with Crippen LogP contribution in [0.4, 0.5) is 8.78 Å². The molecule has 2 aromatic carbocycles. The smallest absolute Gasteiger partial charge is 0.159 e.